The highest BCUT2D eigenvalue weighted by Crippen LogP contribution is 2.32. The van der Waals surface area contributed by atoms with E-state index in [1.165, 1.54) is 24.8 Å². The Balaban J connectivity index is 2.00. The zero-order chi connectivity index (χ0) is 13.0. The summed E-state index contributed by atoms with van der Waals surface area (Å²) in [6, 6.07) is 6.74. The summed E-state index contributed by atoms with van der Waals surface area (Å²) in [5, 5.41) is 3.44. The quantitative estimate of drug-likeness (QED) is 0.853. The third kappa shape index (κ3) is 3.72. The lowest BCUT2D eigenvalue weighted by Gasteiger charge is -2.26. The van der Waals surface area contributed by atoms with Gasteiger partial charge in [0.1, 0.15) is 5.75 Å². The predicted molar refractivity (Wildman–Crippen MR) is 79.0 cm³/mol. The molecule has 1 fully saturated rings. The first-order valence-corrected chi connectivity index (χ1v) is 7.59. The molecule has 0 saturated heterocycles. The summed E-state index contributed by atoms with van der Waals surface area (Å²) in [5.41, 5.74) is 1.23. The second-order valence-electron chi connectivity index (χ2n) is 5.37. The van der Waals surface area contributed by atoms with Gasteiger partial charge in [0.2, 0.25) is 0 Å². The minimum absolute atomic E-state index is 0.489. The molecule has 0 amide bonds. The van der Waals surface area contributed by atoms with Gasteiger partial charge in [-0.2, -0.15) is 0 Å². The summed E-state index contributed by atoms with van der Waals surface area (Å²) < 4.78 is 7.08. The summed E-state index contributed by atoms with van der Waals surface area (Å²) in [7, 11) is 0. The lowest BCUT2D eigenvalue weighted by molar-refractivity contribution is 0.178. The van der Waals surface area contributed by atoms with Gasteiger partial charge in [0.15, 0.2) is 0 Å². The molecule has 1 N–H and O–H groups in total. The van der Waals surface area contributed by atoms with Crippen molar-refractivity contribution in [2.45, 2.75) is 45.7 Å². The van der Waals surface area contributed by atoms with Crippen LogP contribution in [0.2, 0.25) is 0 Å². The first kappa shape index (κ1) is 13.9. The highest BCUT2D eigenvalue weighted by Gasteiger charge is 2.19. The van der Waals surface area contributed by atoms with Crippen LogP contribution in [0.3, 0.4) is 0 Å². The monoisotopic (exact) mass is 311 g/mol. The topological polar surface area (TPSA) is 21.3 Å². The third-order valence-corrected chi connectivity index (χ3v) is 4.06. The van der Waals surface area contributed by atoms with Crippen LogP contribution >= 0.6 is 15.9 Å². The van der Waals surface area contributed by atoms with Gasteiger partial charge >= 0.3 is 0 Å². The Hall–Kier alpha value is -0.540. The maximum absolute atomic E-state index is 6.02. The number of nitrogens with one attached hydrogen (secondary N) is 1. The summed E-state index contributed by atoms with van der Waals surface area (Å²) >= 11 is 3.59. The standard InChI is InChI=1S/C15H22BrNO/c1-11(2)17-9-13-7-4-8-14(16)15(13)18-10-12-5-3-6-12/h4,7-8,11-12,17H,3,5-6,9-10H2,1-2H3. The van der Waals surface area contributed by atoms with Gasteiger partial charge in [-0.25, -0.2) is 0 Å². The Morgan fingerprint density at radius 2 is 2.17 bits per heavy atom. The Morgan fingerprint density at radius 3 is 2.78 bits per heavy atom. The molecule has 1 aromatic carbocycles. The normalized spacial score (nSPS) is 15.8. The van der Waals surface area contributed by atoms with Gasteiger partial charge in [-0.15, -0.1) is 0 Å². The number of rotatable bonds is 6. The number of benzene rings is 1. The van der Waals surface area contributed by atoms with Crippen molar-refractivity contribution in [2.24, 2.45) is 5.92 Å². The summed E-state index contributed by atoms with van der Waals surface area (Å²) in [6.07, 6.45) is 4.01. The number of halogens is 1. The van der Waals surface area contributed by atoms with E-state index in [1.807, 2.05) is 0 Å². The van der Waals surface area contributed by atoms with E-state index in [1.54, 1.807) is 0 Å². The molecule has 0 spiro atoms. The average molecular weight is 312 g/mol. The van der Waals surface area contributed by atoms with Crippen LogP contribution < -0.4 is 10.1 Å². The van der Waals surface area contributed by atoms with Crippen molar-refractivity contribution in [3.05, 3.63) is 28.2 Å². The summed E-state index contributed by atoms with van der Waals surface area (Å²) in [5.74, 6) is 1.78. The molecule has 1 aliphatic rings. The first-order valence-electron chi connectivity index (χ1n) is 6.80. The Bertz CT molecular complexity index is 388. The molecule has 1 saturated carbocycles. The molecule has 0 atom stereocenters. The molecule has 0 aliphatic heterocycles. The van der Waals surface area contributed by atoms with E-state index in [4.69, 9.17) is 4.74 Å². The first-order chi connectivity index (χ1) is 8.66. The van der Waals surface area contributed by atoms with Gasteiger partial charge < -0.3 is 10.1 Å². The highest BCUT2D eigenvalue weighted by molar-refractivity contribution is 9.10. The second-order valence-corrected chi connectivity index (χ2v) is 6.23. The zero-order valence-corrected chi connectivity index (χ0v) is 12.8. The van der Waals surface area contributed by atoms with E-state index >= 15 is 0 Å². The van der Waals surface area contributed by atoms with Crippen molar-refractivity contribution >= 4 is 15.9 Å². The van der Waals surface area contributed by atoms with Crippen LogP contribution in [0, 0.1) is 5.92 Å². The van der Waals surface area contributed by atoms with Crippen LogP contribution in [-0.4, -0.2) is 12.6 Å². The van der Waals surface area contributed by atoms with Gasteiger partial charge in [-0.05, 0) is 40.8 Å². The van der Waals surface area contributed by atoms with Crippen molar-refractivity contribution in [3.8, 4) is 5.75 Å². The SMILES string of the molecule is CC(C)NCc1cccc(Br)c1OCC1CCC1. The molecule has 1 aromatic rings. The minimum atomic E-state index is 0.489. The van der Waals surface area contributed by atoms with Gasteiger partial charge in [0, 0.05) is 18.2 Å². The molecule has 0 aromatic heterocycles. The fourth-order valence-electron chi connectivity index (χ4n) is 2.03. The van der Waals surface area contributed by atoms with Crippen molar-refractivity contribution in [2.75, 3.05) is 6.61 Å². The van der Waals surface area contributed by atoms with Gasteiger partial charge in [-0.3, -0.25) is 0 Å². The lowest BCUT2D eigenvalue weighted by Crippen LogP contribution is -2.23. The average Bonchev–Trinajstić information content (AvgIpc) is 2.26. The number of hydrogen-bond donors (Lipinski definition) is 1. The minimum Gasteiger partial charge on any atom is -0.492 e. The van der Waals surface area contributed by atoms with Crippen LogP contribution in [0.15, 0.2) is 22.7 Å². The predicted octanol–water partition coefficient (Wildman–Crippen LogP) is 4.13. The highest BCUT2D eigenvalue weighted by atomic mass is 79.9. The van der Waals surface area contributed by atoms with Crippen LogP contribution in [0.25, 0.3) is 0 Å². The molecule has 18 heavy (non-hydrogen) atoms. The zero-order valence-electron chi connectivity index (χ0n) is 11.2. The number of para-hydroxylation sites is 1. The van der Waals surface area contributed by atoms with Crippen LogP contribution in [0.1, 0.15) is 38.7 Å². The molecule has 0 heterocycles. The van der Waals surface area contributed by atoms with E-state index in [-0.39, 0.29) is 0 Å². The Kier molecular flexibility index (Phi) is 5.07. The molecule has 100 valence electrons. The van der Waals surface area contributed by atoms with E-state index in [0.717, 1.165) is 29.3 Å². The fourth-order valence-corrected chi connectivity index (χ4v) is 2.55. The van der Waals surface area contributed by atoms with Crippen LogP contribution in [-0.2, 0) is 6.54 Å². The van der Waals surface area contributed by atoms with Gasteiger partial charge in [-0.1, -0.05) is 32.4 Å². The number of hydrogen-bond acceptors (Lipinski definition) is 2. The fraction of sp³-hybridized carbons (Fsp3) is 0.600. The Labute approximate surface area is 118 Å². The lowest BCUT2D eigenvalue weighted by atomic mass is 9.86. The number of ether oxygens (including phenoxy) is 1. The second kappa shape index (κ2) is 6.58. The molecule has 2 nitrogen and oxygen atoms in total. The van der Waals surface area contributed by atoms with E-state index in [9.17, 15) is 0 Å². The van der Waals surface area contributed by atoms with Crippen molar-refractivity contribution in [1.82, 2.24) is 5.32 Å². The van der Waals surface area contributed by atoms with E-state index < -0.39 is 0 Å². The van der Waals surface area contributed by atoms with Crippen LogP contribution in [0.4, 0.5) is 0 Å². The van der Waals surface area contributed by atoms with Crippen LogP contribution in [0.5, 0.6) is 5.75 Å². The molecule has 0 bridgehead atoms. The summed E-state index contributed by atoms with van der Waals surface area (Å²) in [4.78, 5) is 0. The van der Waals surface area contributed by atoms with Crippen molar-refractivity contribution in [1.29, 1.82) is 0 Å². The molecule has 0 radical (unpaired) electrons. The molecular weight excluding hydrogens is 290 g/mol. The Morgan fingerprint density at radius 1 is 1.39 bits per heavy atom. The smallest absolute Gasteiger partial charge is 0.137 e. The van der Waals surface area contributed by atoms with Gasteiger partial charge in [0.05, 0.1) is 11.1 Å². The molecule has 1 aliphatic carbocycles. The van der Waals surface area contributed by atoms with E-state index in [0.29, 0.717) is 6.04 Å². The molecular formula is C15H22BrNO. The van der Waals surface area contributed by atoms with Crippen molar-refractivity contribution < 1.29 is 4.74 Å². The maximum Gasteiger partial charge on any atom is 0.137 e. The third-order valence-electron chi connectivity index (χ3n) is 3.44. The van der Waals surface area contributed by atoms with Crippen molar-refractivity contribution in [3.63, 3.8) is 0 Å². The van der Waals surface area contributed by atoms with Gasteiger partial charge in [0.25, 0.3) is 0 Å². The van der Waals surface area contributed by atoms with E-state index in [2.05, 4.69) is 53.3 Å². The molecule has 2 rings (SSSR count). The summed E-state index contributed by atoms with van der Waals surface area (Å²) in [6.45, 7) is 6.04. The molecule has 0 unspecified atom stereocenters. The molecule has 3 heteroatoms. The largest absolute Gasteiger partial charge is 0.492 e. The maximum atomic E-state index is 6.02.